The number of ether oxygens (including phenoxy) is 1. The van der Waals surface area contributed by atoms with Crippen LogP contribution >= 0.6 is 0 Å². The zero-order valence-corrected chi connectivity index (χ0v) is 13.7. The molecule has 2 aromatic rings. The predicted molar refractivity (Wildman–Crippen MR) is 89.2 cm³/mol. The van der Waals surface area contributed by atoms with Crippen LogP contribution in [0, 0.1) is 13.8 Å². The molecule has 0 spiro atoms. The maximum atomic E-state index is 12.0. The lowest BCUT2D eigenvalue weighted by molar-refractivity contribution is -0.120. The standard InChI is InChI=1S/C19H21NO3/c1-13-4-5-16(10-14(13)2)11-18(21)20-12-15-6-8-17(9-7-15)19(22)23-3/h4-10H,11-12H2,1-3H3,(H,20,21). The third-order valence-corrected chi connectivity index (χ3v) is 3.80. The summed E-state index contributed by atoms with van der Waals surface area (Å²) in [5, 5.41) is 2.89. The molecule has 1 N–H and O–H groups in total. The molecule has 0 bridgehead atoms. The van der Waals surface area contributed by atoms with E-state index in [9.17, 15) is 9.59 Å². The lowest BCUT2D eigenvalue weighted by Crippen LogP contribution is -2.24. The molecule has 4 nitrogen and oxygen atoms in total. The molecule has 1 amide bonds. The zero-order valence-electron chi connectivity index (χ0n) is 13.7. The summed E-state index contributed by atoms with van der Waals surface area (Å²) in [6, 6.07) is 13.1. The smallest absolute Gasteiger partial charge is 0.337 e. The number of carbonyl (C=O) groups excluding carboxylic acids is 2. The van der Waals surface area contributed by atoms with Gasteiger partial charge in [0.2, 0.25) is 5.91 Å². The lowest BCUT2D eigenvalue weighted by atomic mass is 10.0. The SMILES string of the molecule is COC(=O)c1ccc(CNC(=O)Cc2ccc(C)c(C)c2)cc1. The Kier molecular flexibility index (Phi) is 5.52. The highest BCUT2D eigenvalue weighted by molar-refractivity contribution is 5.89. The second-order valence-corrected chi connectivity index (χ2v) is 5.56. The van der Waals surface area contributed by atoms with Crippen molar-refractivity contribution in [3.8, 4) is 0 Å². The van der Waals surface area contributed by atoms with Crippen LogP contribution in [0.1, 0.15) is 32.6 Å². The maximum absolute atomic E-state index is 12.0. The van der Waals surface area contributed by atoms with E-state index in [2.05, 4.69) is 17.0 Å². The molecule has 0 unspecified atom stereocenters. The van der Waals surface area contributed by atoms with E-state index in [1.807, 2.05) is 37.3 Å². The third-order valence-electron chi connectivity index (χ3n) is 3.80. The third kappa shape index (κ3) is 4.68. The molecule has 0 aliphatic rings. The molecule has 120 valence electrons. The van der Waals surface area contributed by atoms with E-state index in [-0.39, 0.29) is 11.9 Å². The minimum atomic E-state index is -0.365. The molecule has 0 aliphatic heterocycles. The number of aryl methyl sites for hydroxylation is 2. The van der Waals surface area contributed by atoms with Crippen molar-refractivity contribution in [2.24, 2.45) is 0 Å². The molecule has 0 radical (unpaired) electrons. The van der Waals surface area contributed by atoms with Gasteiger partial charge in [-0.3, -0.25) is 4.79 Å². The first-order chi connectivity index (χ1) is 11.0. The summed E-state index contributed by atoms with van der Waals surface area (Å²) >= 11 is 0. The van der Waals surface area contributed by atoms with Crippen LogP contribution in [-0.4, -0.2) is 19.0 Å². The van der Waals surface area contributed by atoms with E-state index in [0.717, 1.165) is 11.1 Å². The molecule has 0 saturated heterocycles. The second kappa shape index (κ2) is 7.58. The van der Waals surface area contributed by atoms with E-state index < -0.39 is 0 Å². The van der Waals surface area contributed by atoms with Crippen molar-refractivity contribution in [2.75, 3.05) is 7.11 Å². The van der Waals surface area contributed by atoms with Gasteiger partial charge >= 0.3 is 5.97 Å². The number of benzene rings is 2. The lowest BCUT2D eigenvalue weighted by Gasteiger charge is -2.08. The van der Waals surface area contributed by atoms with Crippen LogP contribution < -0.4 is 5.32 Å². The number of amides is 1. The number of hydrogen-bond donors (Lipinski definition) is 1. The second-order valence-electron chi connectivity index (χ2n) is 5.56. The number of hydrogen-bond acceptors (Lipinski definition) is 3. The monoisotopic (exact) mass is 311 g/mol. The predicted octanol–water partition coefficient (Wildman–Crippen LogP) is 2.95. The number of nitrogens with one attached hydrogen (secondary N) is 1. The van der Waals surface area contributed by atoms with Gasteiger partial charge in [0.1, 0.15) is 0 Å². The Morgan fingerprint density at radius 1 is 0.957 bits per heavy atom. The molecular weight excluding hydrogens is 290 g/mol. The van der Waals surface area contributed by atoms with Crippen LogP contribution in [-0.2, 0) is 22.5 Å². The first kappa shape index (κ1) is 16.7. The molecule has 0 aromatic heterocycles. The molecule has 0 heterocycles. The van der Waals surface area contributed by atoms with E-state index in [0.29, 0.717) is 18.5 Å². The van der Waals surface area contributed by atoms with E-state index >= 15 is 0 Å². The Morgan fingerprint density at radius 3 is 2.22 bits per heavy atom. The first-order valence-corrected chi connectivity index (χ1v) is 7.49. The van der Waals surface area contributed by atoms with E-state index in [4.69, 9.17) is 0 Å². The molecule has 0 saturated carbocycles. The summed E-state index contributed by atoms with van der Waals surface area (Å²) in [5.74, 6) is -0.388. The Hall–Kier alpha value is -2.62. The Morgan fingerprint density at radius 2 is 1.61 bits per heavy atom. The van der Waals surface area contributed by atoms with E-state index in [1.165, 1.54) is 18.2 Å². The zero-order chi connectivity index (χ0) is 16.8. The molecule has 2 rings (SSSR count). The summed E-state index contributed by atoms with van der Waals surface area (Å²) < 4.78 is 4.65. The fourth-order valence-electron chi connectivity index (χ4n) is 2.24. The molecule has 0 aliphatic carbocycles. The topological polar surface area (TPSA) is 55.4 Å². The van der Waals surface area contributed by atoms with Gasteiger partial charge in [-0.2, -0.15) is 0 Å². The van der Waals surface area contributed by atoms with Gasteiger partial charge in [-0.15, -0.1) is 0 Å². The summed E-state index contributed by atoms with van der Waals surface area (Å²) in [5.41, 5.74) is 4.85. The Balaban J connectivity index is 1.88. The maximum Gasteiger partial charge on any atom is 0.337 e. The van der Waals surface area contributed by atoms with Crippen LogP contribution in [0.2, 0.25) is 0 Å². The summed E-state index contributed by atoms with van der Waals surface area (Å²) in [7, 11) is 1.35. The molecule has 23 heavy (non-hydrogen) atoms. The Bertz CT molecular complexity index is 705. The van der Waals surface area contributed by atoms with Crippen molar-refractivity contribution in [1.82, 2.24) is 5.32 Å². The quantitative estimate of drug-likeness (QED) is 0.864. The van der Waals surface area contributed by atoms with Gasteiger partial charge in [0, 0.05) is 6.54 Å². The summed E-state index contributed by atoms with van der Waals surface area (Å²) in [6.07, 6.45) is 0.362. The average molecular weight is 311 g/mol. The fourth-order valence-corrected chi connectivity index (χ4v) is 2.24. The highest BCUT2D eigenvalue weighted by atomic mass is 16.5. The molecule has 0 fully saturated rings. The summed E-state index contributed by atoms with van der Waals surface area (Å²) in [4.78, 5) is 23.4. The number of esters is 1. The van der Waals surface area contributed by atoms with Crippen molar-refractivity contribution in [1.29, 1.82) is 0 Å². The van der Waals surface area contributed by atoms with E-state index in [1.54, 1.807) is 12.1 Å². The van der Waals surface area contributed by atoms with Gasteiger partial charge in [0.05, 0.1) is 19.1 Å². The number of methoxy groups -OCH3 is 1. The first-order valence-electron chi connectivity index (χ1n) is 7.49. The number of rotatable bonds is 5. The largest absolute Gasteiger partial charge is 0.465 e. The van der Waals surface area contributed by atoms with Crippen LogP contribution in [0.5, 0.6) is 0 Å². The number of carbonyl (C=O) groups is 2. The highest BCUT2D eigenvalue weighted by Crippen LogP contribution is 2.10. The normalized spacial score (nSPS) is 10.2. The van der Waals surface area contributed by atoms with Gasteiger partial charge in [0.15, 0.2) is 0 Å². The van der Waals surface area contributed by atoms with Crippen LogP contribution in [0.15, 0.2) is 42.5 Å². The summed E-state index contributed by atoms with van der Waals surface area (Å²) in [6.45, 7) is 4.53. The van der Waals surface area contributed by atoms with Gasteiger partial charge in [0.25, 0.3) is 0 Å². The van der Waals surface area contributed by atoms with Crippen molar-refractivity contribution in [3.63, 3.8) is 0 Å². The van der Waals surface area contributed by atoms with Crippen LogP contribution in [0.3, 0.4) is 0 Å². The van der Waals surface area contributed by atoms with Crippen molar-refractivity contribution in [3.05, 3.63) is 70.3 Å². The van der Waals surface area contributed by atoms with Crippen molar-refractivity contribution in [2.45, 2.75) is 26.8 Å². The minimum Gasteiger partial charge on any atom is -0.465 e. The van der Waals surface area contributed by atoms with Crippen molar-refractivity contribution < 1.29 is 14.3 Å². The van der Waals surface area contributed by atoms with Gasteiger partial charge < -0.3 is 10.1 Å². The van der Waals surface area contributed by atoms with Gasteiger partial charge in [-0.1, -0.05) is 30.3 Å². The molecule has 4 heteroatoms. The minimum absolute atomic E-state index is 0.0229. The van der Waals surface area contributed by atoms with Gasteiger partial charge in [-0.25, -0.2) is 4.79 Å². The molecule has 2 aromatic carbocycles. The average Bonchev–Trinajstić information content (AvgIpc) is 2.56. The van der Waals surface area contributed by atoms with Crippen LogP contribution in [0.25, 0.3) is 0 Å². The molecule has 0 atom stereocenters. The highest BCUT2D eigenvalue weighted by Gasteiger charge is 2.06. The Labute approximate surface area is 136 Å². The van der Waals surface area contributed by atoms with Crippen LogP contribution in [0.4, 0.5) is 0 Å². The fraction of sp³-hybridized carbons (Fsp3) is 0.263. The van der Waals surface area contributed by atoms with Gasteiger partial charge in [-0.05, 0) is 48.2 Å². The van der Waals surface area contributed by atoms with Crippen molar-refractivity contribution >= 4 is 11.9 Å². The molecular formula is C19H21NO3.